The van der Waals surface area contributed by atoms with Gasteiger partial charge in [0.15, 0.2) is 0 Å². The monoisotopic (exact) mass is 213 g/mol. The summed E-state index contributed by atoms with van der Waals surface area (Å²) in [6.45, 7) is 1.62. The van der Waals surface area contributed by atoms with Crippen LogP contribution in [-0.4, -0.2) is 29.2 Å². The third kappa shape index (κ3) is 2.56. The lowest BCUT2D eigenvalue weighted by Gasteiger charge is -2.23. The number of hydrogen-bond donors (Lipinski definition) is 1. The molecule has 4 nitrogen and oxygen atoms in total. The van der Waals surface area contributed by atoms with Gasteiger partial charge in [-0.2, -0.15) is 0 Å². The van der Waals surface area contributed by atoms with Gasteiger partial charge in [0.1, 0.15) is 11.0 Å². The maximum atomic E-state index is 5.72. The van der Waals surface area contributed by atoms with Gasteiger partial charge in [-0.15, -0.1) is 0 Å². The maximum Gasteiger partial charge on any atom is 0.149 e. The number of nitrogens with zero attached hydrogens (tertiary/aromatic N) is 2. The largest absolute Gasteiger partial charge is 0.381 e. The van der Waals surface area contributed by atoms with E-state index in [1.807, 2.05) is 0 Å². The van der Waals surface area contributed by atoms with Crippen molar-refractivity contribution in [2.24, 2.45) is 0 Å². The van der Waals surface area contributed by atoms with Crippen molar-refractivity contribution >= 4 is 17.4 Å². The summed E-state index contributed by atoms with van der Waals surface area (Å²) in [6, 6.07) is 0.427. The van der Waals surface area contributed by atoms with Crippen LogP contribution in [0.25, 0.3) is 0 Å². The zero-order valence-electron chi connectivity index (χ0n) is 7.74. The van der Waals surface area contributed by atoms with Crippen LogP contribution in [0.15, 0.2) is 12.4 Å². The lowest BCUT2D eigenvalue weighted by Crippen LogP contribution is -2.28. The van der Waals surface area contributed by atoms with E-state index >= 15 is 0 Å². The topological polar surface area (TPSA) is 47.0 Å². The van der Waals surface area contributed by atoms with E-state index in [2.05, 4.69) is 15.3 Å². The molecule has 1 aromatic heterocycles. The molecular formula is C9H12ClN3O. The highest BCUT2D eigenvalue weighted by atomic mass is 35.5. The Morgan fingerprint density at radius 2 is 2.14 bits per heavy atom. The van der Waals surface area contributed by atoms with Crippen molar-refractivity contribution in [1.29, 1.82) is 0 Å². The zero-order valence-corrected chi connectivity index (χ0v) is 8.50. The van der Waals surface area contributed by atoms with Crippen LogP contribution in [0.5, 0.6) is 0 Å². The summed E-state index contributed by atoms with van der Waals surface area (Å²) in [6.07, 6.45) is 5.22. The van der Waals surface area contributed by atoms with Crippen LogP contribution < -0.4 is 5.32 Å². The average molecular weight is 214 g/mol. The molecule has 2 rings (SSSR count). The van der Waals surface area contributed by atoms with Gasteiger partial charge >= 0.3 is 0 Å². The van der Waals surface area contributed by atoms with Gasteiger partial charge in [0.25, 0.3) is 0 Å². The third-order valence-electron chi connectivity index (χ3n) is 2.18. The Bertz CT molecular complexity index is 302. The Kier molecular flexibility index (Phi) is 3.16. The van der Waals surface area contributed by atoms with Crippen molar-refractivity contribution in [3.05, 3.63) is 17.5 Å². The van der Waals surface area contributed by atoms with Gasteiger partial charge in [0.05, 0.1) is 12.4 Å². The Labute approximate surface area is 87.7 Å². The van der Waals surface area contributed by atoms with Crippen molar-refractivity contribution in [3.63, 3.8) is 0 Å². The second-order valence-electron chi connectivity index (χ2n) is 3.26. The van der Waals surface area contributed by atoms with E-state index in [1.165, 1.54) is 6.20 Å². The van der Waals surface area contributed by atoms with Crippen LogP contribution in [-0.2, 0) is 4.74 Å². The van der Waals surface area contributed by atoms with E-state index < -0.39 is 0 Å². The Morgan fingerprint density at radius 3 is 2.86 bits per heavy atom. The normalized spacial score (nSPS) is 18.1. The molecule has 76 valence electrons. The third-order valence-corrected chi connectivity index (χ3v) is 2.36. The fourth-order valence-corrected chi connectivity index (χ4v) is 1.61. The fraction of sp³-hybridized carbons (Fsp3) is 0.556. The van der Waals surface area contributed by atoms with Crippen LogP contribution in [0.2, 0.25) is 5.15 Å². The van der Waals surface area contributed by atoms with Crippen molar-refractivity contribution < 1.29 is 4.74 Å². The second-order valence-corrected chi connectivity index (χ2v) is 3.65. The van der Waals surface area contributed by atoms with Gasteiger partial charge < -0.3 is 10.1 Å². The van der Waals surface area contributed by atoms with E-state index in [9.17, 15) is 0 Å². The molecule has 1 aliphatic rings. The van der Waals surface area contributed by atoms with E-state index in [1.54, 1.807) is 6.20 Å². The lowest BCUT2D eigenvalue weighted by molar-refractivity contribution is 0.0904. The molecule has 1 N–H and O–H groups in total. The molecule has 0 aliphatic carbocycles. The first-order valence-electron chi connectivity index (χ1n) is 4.66. The smallest absolute Gasteiger partial charge is 0.149 e. The Balaban J connectivity index is 1.95. The molecule has 0 aromatic carbocycles. The number of aromatic nitrogens is 2. The minimum absolute atomic E-state index is 0.419. The van der Waals surface area contributed by atoms with Crippen molar-refractivity contribution in [2.45, 2.75) is 18.9 Å². The number of anilines is 1. The molecule has 5 heteroatoms. The van der Waals surface area contributed by atoms with Crippen LogP contribution in [0.3, 0.4) is 0 Å². The highest BCUT2D eigenvalue weighted by Crippen LogP contribution is 2.13. The van der Waals surface area contributed by atoms with Gasteiger partial charge in [-0.05, 0) is 12.8 Å². The molecule has 14 heavy (non-hydrogen) atoms. The quantitative estimate of drug-likeness (QED) is 0.813. The highest BCUT2D eigenvalue weighted by Gasteiger charge is 2.13. The van der Waals surface area contributed by atoms with E-state index in [0.717, 1.165) is 31.9 Å². The average Bonchev–Trinajstić information content (AvgIpc) is 2.19. The molecule has 1 saturated heterocycles. The van der Waals surface area contributed by atoms with Gasteiger partial charge in [-0.3, -0.25) is 4.98 Å². The SMILES string of the molecule is Clc1cncc(NC2CCOCC2)n1. The number of nitrogens with one attached hydrogen (secondary N) is 1. The van der Waals surface area contributed by atoms with Crippen molar-refractivity contribution in [3.8, 4) is 0 Å². The first kappa shape index (κ1) is 9.68. The molecular weight excluding hydrogens is 202 g/mol. The minimum atomic E-state index is 0.419. The molecule has 2 heterocycles. The lowest BCUT2D eigenvalue weighted by atomic mass is 10.1. The molecule has 1 fully saturated rings. The molecule has 0 atom stereocenters. The summed E-state index contributed by atoms with van der Waals surface area (Å²) in [4.78, 5) is 8.08. The fourth-order valence-electron chi connectivity index (χ4n) is 1.46. The molecule has 0 saturated carbocycles. The molecule has 0 amide bonds. The van der Waals surface area contributed by atoms with Crippen molar-refractivity contribution in [1.82, 2.24) is 9.97 Å². The number of rotatable bonds is 2. The molecule has 0 unspecified atom stereocenters. The predicted molar refractivity (Wildman–Crippen MR) is 54.5 cm³/mol. The van der Waals surface area contributed by atoms with Crippen LogP contribution in [0.1, 0.15) is 12.8 Å². The standard InChI is InChI=1S/C9H12ClN3O/c10-8-5-11-6-9(13-8)12-7-1-3-14-4-2-7/h5-7H,1-4H2,(H,12,13). The number of ether oxygens (including phenoxy) is 1. The van der Waals surface area contributed by atoms with Crippen LogP contribution in [0.4, 0.5) is 5.82 Å². The summed E-state index contributed by atoms with van der Waals surface area (Å²) in [7, 11) is 0. The highest BCUT2D eigenvalue weighted by molar-refractivity contribution is 6.29. The van der Waals surface area contributed by atoms with Crippen molar-refractivity contribution in [2.75, 3.05) is 18.5 Å². The number of hydrogen-bond acceptors (Lipinski definition) is 4. The van der Waals surface area contributed by atoms with Gasteiger partial charge in [0.2, 0.25) is 0 Å². The summed E-state index contributed by atoms with van der Waals surface area (Å²) < 4.78 is 5.26. The summed E-state index contributed by atoms with van der Waals surface area (Å²) in [5, 5.41) is 3.70. The van der Waals surface area contributed by atoms with Gasteiger partial charge in [-0.25, -0.2) is 4.98 Å². The Hall–Kier alpha value is -0.870. The van der Waals surface area contributed by atoms with Crippen LogP contribution in [0, 0.1) is 0 Å². The maximum absolute atomic E-state index is 5.72. The molecule has 0 bridgehead atoms. The summed E-state index contributed by atoms with van der Waals surface area (Å²) in [5.41, 5.74) is 0. The molecule has 1 aliphatic heterocycles. The second kappa shape index (κ2) is 4.57. The molecule has 0 spiro atoms. The summed E-state index contributed by atoms with van der Waals surface area (Å²) >= 11 is 5.72. The van der Waals surface area contributed by atoms with Gasteiger partial charge in [0, 0.05) is 19.3 Å². The minimum Gasteiger partial charge on any atom is -0.381 e. The van der Waals surface area contributed by atoms with Gasteiger partial charge in [-0.1, -0.05) is 11.6 Å². The Morgan fingerprint density at radius 1 is 1.36 bits per heavy atom. The van der Waals surface area contributed by atoms with E-state index in [-0.39, 0.29) is 0 Å². The van der Waals surface area contributed by atoms with Crippen LogP contribution >= 0.6 is 11.6 Å². The van der Waals surface area contributed by atoms with E-state index in [0.29, 0.717) is 11.2 Å². The zero-order chi connectivity index (χ0) is 9.80. The summed E-state index contributed by atoms with van der Waals surface area (Å²) in [5.74, 6) is 0.740. The molecule has 1 aromatic rings. The number of halogens is 1. The first-order chi connectivity index (χ1) is 6.84. The van der Waals surface area contributed by atoms with E-state index in [4.69, 9.17) is 16.3 Å². The predicted octanol–water partition coefficient (Wildman–Crippen LogP) is 1.72. The molecule has 0 radical (unpaired) electrons. The first-order valence-corrected chi connectivity index (χ1v) is 5.04.